The molecule has 1 radical (unpaired) electrons. The molecule has 0 bridgehead atoms. The zero-order chi connectivity index (χ0) is 13.1. The van der Waals surface area contributed by atoms with E-state index in [1.54, 1.807) is 5.57 Å². The van der Waals surface area contributed by atoms with Crippen molar-refractivity contribution in [2.75, 3.05) is 0 Å². The largest absolute Gasteiger partial charge is 0.0702 e. The lowest BCUT2D eigenvalue weighted by Gasteiger charge is -2.15. The summed E-state index contributed by atoms with van der Waals surface area (Å²) in [4.78, 5) is 1.52. The van der Waals surface area contributed by atoms with Gasteiger partial charge >= 0.3 is 0 Å². The normalized spacial score (nSPS) is 12.6. The third-order valence-electron chi connectivity index (χ3n) is 3.80. The zero-order valence-electron chi connectivity index (χ0n) is 11.4. The van der Waals surface area contributed by atoms with Crippen LogP contribution in [0.2, 0.25) is 0 Å². The van der Waals surface area contributed by atoms with E-state index in [4.69, 9.17) is 0 Å². The minimum absolute atomic E-state index is 0.814. The number of rotatable bonds is 4. The van der Waals surface area contributed by atoms with Crippen LogP contribution in [-0.2, 0) is 0 Å². The molecule has 1 aliphatic rings. The van der Waals surface area contributed by atoms with Gasteiger partial charge < -0.3 is 0 Å². The summed E-state index contributed by atoms with van der Waals surface area (Å²) in [7, 11) is 0.814. The predicted molar refractivity (Wildman–Crippen MR) is 83.4 cm³/mol. The monoisotopic (exact) mass is 263 g/mol. The number of hydrogen-bond acceptors (Lipinski definition) is 0. The van der Waals surface area contributed by atoms with Crippen LogP contribution in [0.5, 0.6) is 0 Å². The van der Waals surface area contributed by atoms with Gasteiger partial charge in [0.25, 0.3) is 0 Å². The van der Waals surface area contributed by atoms with E-state index in [1.165, 1.54) is 46.5 Å². The molecule has 0 aliphatic carbocycles. The van der Waals surface area contributed by atoms with E-state index >= 15 is 0 Å². The van der Waals surface area contributed by atoms with Gasteiger partial charge in [-0.15, -0.1) is 0 Å². The summed E-state index contributed by atoms with van der Waals surface area (Å²) in [5.74, 6) is 0. The second kappa shape index (κ2) is 5.66. The highest BCUT2D eigenvalue weighted by atomic mass is 28.2. The van der Waals surface area contributed by atoms with Gasteiger partial charge in [0.15, 0.2) is 0 Å². The second-order valence-corrected chi connectivity index (χ2v) is 6.48. The molecule has 3 rings (SSSR count). The molecule has 0 unspecified atom stereocenters. The first-order chi connectivity index (χ1) is 9.40. The van der Waals surface area contributed by atoms with Gasteiger partial charge in [0, 0.05) is 0 Å². The Morgan fingerprint density at radius 1 is 0.895 bits per heavy atom. The van der Waals surface area contributed by atoms with Crippen molar-refractivity contribution in [3.63, 3.8) is 0 Å². The Hall–Kier alpha value is -1.47. The molecule has 0 atom stereocenters. The molecule has 0 spiro atoms. The van der Waals surface area contributed by atoms with Crippen molar-refractivity contribution >= 4 is 19.9 Å². The molecule has 0 fully saturated rings. The number of benzene rings is 2. The van der Waals surface area contributed by atoms with Crippen molar-refractivity contribution in [2.45, 2.75) is 32.6 Å². The van der Waals surface area contributed by atoms with E-state index in [0.717, 1.165) is 9.13 Å². The fraction of sp³-hybridized carbons (Fsp3) is 0.278. The molecule has 2 aromatic carbocycles. The van der Waals surface area contributed by atoms with E-state index in [-0.39, 0.29) is 0 Å². The van der Waals surface area contributed by atoms with Crippen LogP contribution in [0.3, 0.4) is 0 Å². The minimum atomic E-state index is 0.814. The van der Waals surface area contributed by atoms with Crippen molar-refractivity contribution in [3.05, 3.63) is 64.1 Å². The molecular formula is C18H19Si. The maximum absolute atomic E-state index is 2.31. The second-order valence-electron chi connectivity index (χ2n) is 5.15. The first-order valence-electron chi connectivity index (χ1n) is 7.22. The Balaban J connectivity index is 2.16. The average molecular weight is 263 g/mol. The molecule has 0 aromatic heterocycles. The third kappa shape index (κ3) is 2.48. The van der Waals surface area contributed by atoms with E-state index in [9.17, 15) is 0 Å². The van der Waals surface area contributed by atoms with Crippen LogP contribution < -0.4 is 10.4 Å². The van der Waals surface area contributed by atoms with Gasteiger partial charge in [-0.25, -0.2) is 0 Å². The molecule has 0 N–H and O–H groups in total. The van der Waals surface area contributed by atoms with E-state index < -0.39 is 0 Å². The molecule has 2 aromatic rings. The number of hydrogen-bond donors (Lipinski definition) is 0. The van der Waals surface area contributed by atoms with Gasteiger partial charge in [-0.1, -0.05) is 68.3 Å². The van der Waals surface area contributed by atoms with Crippen molar-refractivity contribution in [2.24, 2.45) is 0 Å². The van der Waals surface area contributed by atoms with Gasteiger partial charge in [0.1, 0.15) is 0 Å². The molecule has 19 heavy (non-hydrogen) atoms. The fourth-order valence-electron chi connectivity index (χ4n) is 2.82. The predicted octanol–water partition coefficient (Wildman–Crippen LogP) is 3.06. The summed E-state index contributed by atoms with van der Waals surface area (Å²) >= 11 is 0. The summed E-state index contributed by atoms with van der Waals surface area (Å²) < 4.78 is 0. The molecule has 1 heteroatoms. The third-order valence-corrected chi connectivity index (χ3v) is 5.21. The number of unbranched alkanes of at least 4 members (excludes halogenated alkanes) is 2. The van der Waals surface area contributed by atoms with Crippen LogP contribution in [-0.4, -0.2) is 9.13 Å². The number of fused-ring (bicyclic) bond motifs is 2. The Morgan fingerprint density at radius 2 is 1.68 bits per heavy atom. The zero-order valence-corrected chi connectivity index (χ0v) is 12.4. The molecule has 1 heterocycles. The summed E-state index contributed by atoms with van der Waals surface area (Å²) in [6, 6.07) is 17.9. The summed E-state index contributed by atoms with van der Waals surface area (Å²) in [6.07, 6.45) is 5.14. The SMILES string of the molecule is CCCCCC1=c2ccccc2=[Si]c2ccccc21. The van der Waals surface area contributed by atoms with Crippen molar-refractivity contribution in [1.82, 2.24) is 0 Å². The van der Waals surface area contributed by atoms with Gasteiger partial charge in [-0.05, 0) is 39.2 Å². The maximum atomic E-state index is 2.31. The summed E-state index contributed by atoms with van der Waals surface area (Å²) in [6.45, 7) is 2.27. The van der Waals surface area contributed by atoms with Crippen LogP contribution in [0.1, 0.15) is 38.2 Å². The van der Waals surface area contributed by atoms with Crippen LogP contribution in [0, 0.1) is 4.81 Å². The lowest BCUT2D eigenvalue weighted by atomic mass is 9.96. The Labute approximate surface area is 117 Å². The van der Waals surface area contributed by atoms with Gasteiger partial charge in [-0.3, -0.25) is 0 Å². The fourth-order valence-corrected chi connectivity index (χ4v) is 4.21. The van der Waals surface area contributed by atoms with Crippen molar-refractivity contribution in [1.29, 1.82) is 0 Å². The van der Waals surface area contributed by atoms with Crippen LogP contribution in [0.25, 0.3) is 5.57 Å². The molecule has 0 saturated heterocycles. The van der Waals surface area contributed by atoms with Gasteiger partial charge in [0.05, 0.1) is 9.13 Å². The standard InChI is InChI=1S/C18H19Si/c1-2-3-4-9-14-15-10-5-7-12-17(15)19-18-13-8-6-11-16(14)18/h5-8,10-13H,2-4,9H2,1H3. The first kappa shape index (κ1) is 12.6. The van der Waals surface area contributed by atoms with Crippen LogP contribution in [0.4, 0.5) is 0 Å². The van der Waals surface area contributed by atoms with Crippen molar-refractivity contribution < 1.29 is 0 Å². The Morgan fingerprint density at radius 3 is 2.58 bits per heavy atom. The highest BCUT2D eigenvalue weighted by Gasteiger charge is 2.11. The summed E-state index contributed by atoms with van der Waals surface area (Å²) in [5, 5.41) is 3.02. The highest BCUT2D eigenvalue weighted by Crippen LogP contribution is 2.18. The first-order valence-corrected chi connectivity index (χ1v) is 8.22. The van der Waals surface area contributed by atoms with E-state index in [0.29, 0.717) is 0 Å². The minimum Gasteiger partial charge on any atom is -0.0654 e. The molecule has 95 valence electrons. The molecular weight excluding hydrogens is 244 g/mol. The molecule has 1 aliphatic heterocycles. The quantitative estimate of drug-likeness (QED) is 0.587. The smallest absolute Gasteiger partial charge is 0.0654 e. The van der Waals surface area contributed by atoms with Crippen LogP contribution in [0.15, 0.2) is 48.5 Å². The molecule has 0 nitrogen and oxygen atoms in total. The Bertz CT molecular complexity index is 698. The molecule has 0 amide bonds. The van der Waals surface area contributed by atoms with Crippen molar-refractivity contribution in [3.8, 4) is 0 Å². The van der Waals surface area contributed by atoms with Crippen LogP contribution >= 0.6 is 0 Å². The van der Waals surface area contributed by atoms with E-state index in [1.807, 2.05) is 0 Å². The summed E-state index contributed by atoms with van der Waals surface area (Å²) in [5.41, 5.74) is 3.06. The maximum Gasteiger partial charge on any atom is 0.0702 e. The highest BCUT2D eigenvalue weighted by molar-refractivity contribution is 6.48. The Kier molecular flexibility index (Phi) is 3.74. The lowest BCUT2D eigenvalue weighted by molar-refractivity contribution is 0.734. The molecule has 0 saturated carbocycles. The average Bonchev–Trinajstić information content (AvgIpc) is 2.46. The van der Waals surface area contributed by atoms with E-state index in [2.05, 4.69) is 55.5 Å². The van der Waals surface area contributed by atoms with Gasteiger partial charge in [-0.2, -0.15) is 0 Å². The van der Waals surface area contributed by atoms with Gasteiger partial charge in [0.2, 0.25) is 0 Å². The topological polar surface area (TPSA) is 0 Å². The lowest BCUT2D eigenvalue weighted by Crippen LogP contribution is -2.26.